The molecule has 1 aromatic rings. The van der Waals surface area contributed by atoms with Crippen molar-refractivity contribution in [2.45, 2.75) is 26.7 Å². The quantitative estimate of drug-likeness (QED) is 0.584. The summed E-state index contributed by atoms with van der Waals surface area (Å²) in [5.74, 6) is -0.504. The Balaban J connectivity index is 2.39. The van der Waals surface area contributed by atoms with Crippen LogP contribution in [0.5, 0.6) is 5.75 Å². The lowest BCUT2D eigenvalue weighted by Gasteiger charge is -2.35. The van der Waals surface area contributed by atoms with Crippen molar-refractivity contribution in [2.24, 2.45) is 5.41 Å². The van der Waals surface area contributed by atoms with E-state index in [9.17, 15) is 14.7 Å². The van der Waals surface area contributed by atoms with Crippen molar-refractivity contribution >= 4 is 23.2 Å². The van der Waals surface area contributed by atoms with Crippen molar-refractivity contribution in [3.63, 3.8) is 0 Å². The molecular weight excluding hydrogens is 232 g/mol. The smallest absolute Gasteiger partial charge is 0.234 e. The van der Waals surface area contributed by atoms with Gasteiger partial charge >= 0.3 is 0 Å². The second-order valence-corrected chi connectivity index (χ2v) is 5.38. The maximum atomic E-state index is 12.0. The van der Waals surface area contributed by atoms with Gasteiger partial charge in [-0.3, -0.25) is 9.59 Å². The van der Waals surface area contributed by atoms with Crippen LogP contribution in [0.25, 0.3) is 0 Å². The first kappa shape index (κ1) is 12.4. The molecule has 1 aliphatic heterocycles. The molecule has 1 heterocycles. The zero-order valence-electron chi connectivity index (χ0n) is 10.4. The molecule has 0 aromatic heterocycles. The van der Waals surface area contributed by atoms with Gasteiger partial charge in [-0.1, -0.05) is 13.8 Å². The van der Waals surface area contributed by atoms with E-state index in [0.717, 1.165) is 4.90 Å². The number of phenols is 1. The van der Waals surface area contributed by atoms with Crippen molar-refractivity contribution in [3.8, 4) is 5.75 Å². The number of hydrogen-bond donors (Lipinski definition) is 2. The molecule has 0 unspecified atom stereocenters. The monoisotopic (exact) mass is 248 g/mol. The van der Waals surface area contributed by atoms with Gasteiger partial charge in [0.15, 0.2) is 0 Å². The third kappa shape index (κ3) is 2.16. The Kier molecular flexibility index (Phi) is 2.77. The Hall–Kier alpha value is -2.04. The van der Waals surface area contributed by atoms with Crippen LogP contribution in [0.3, 0.4) is 0 Å². The van der Waals surface area contributed by atoms with Crippen LogP contribution in [0, 0.1) is 5.41 Å². The number of benzene rings is 1. The maximum Gasteiger partial charge on any atom is 0.234 e. The minimum Gasteiger partial charge on any atom is -0.508 e. The zero-order chi connectivity index (χ0) is 13.5. The van der Waals surface area contributed by atoms with Gasteiger partial charge < -0.3 is 10.8 Å². The lowest BCUT2D eigenvalue weighted by molar-refractivity contribution is -0.132. The molecule has 2 amide bonds. The molecule has 0 radical (unpaired) electrons. The fraction of sp³-hybridized carbons (Fsp3) is 0.385. The molecule has 3 N–H and O–H groups in total. The van der Waals surface area contributed by atoms with E-state index in [-0.39, 0.29) is 28.7 Å². The van der Waals surface area contributed by atoms with Crippen LogP contribution in [0.15, 0.2) is 18.2 Å². The van der Waals surface area contributed by atoms with Crippen LogP contribution in [0.1, 0.15) is 26.7 Å². The number of rotatable bonds is 1. The number of carbonyl (C=O) groups is 2. The average molecular weight is 248 g/mol. The fourth-order valence-electron chi connectivity index (χ4n) is 2.19. The highest BCUT2D eigenvalue weighted by molar-refractivity contribution is 6.18. The topological polar surface area (TPSA) is 83.6 Å². The van der Waals surface area contributed by atoms with Crippen molar-refractivity contribution in [2.75, 3.05) is 10.6 Å². The Bertz CT molecular complexity index is 503. The minimum absolute atomic E-state index is 0.00786. The zero-order valence-corrected chi connectivity index (χ0v) is 10.4. The SMILES string of the molecule is CC1(C)CC(=O)N(c2ccc(O)cc2N)C(=O)C1. The average Bonchev–Trinajstić information content (AvgIpc) is 2.18. The number of nitrogen functional groups attached to an aromatic ring is 1. The largest absolute Gasteiger partial charge is 0.508 e. The molecule has 0 spiro atoms. The van der Waals surface area contributed by atoms with Crippen LogP contribution in [-0.2, 0) is 9.59 Å². The summed E-state index contributed by atoms with van der Waals surface area (Å²) in [6, 6.07) is 4.22. The summed E-state index contributed by atoms with van der Waals surface area (Å²) in [6.07, 6.45) is 0.609. The number of anilines is 2. The van der Waals surface area contributed by atoms with Crippen LogP contribution in [-0.4, -0.2) is 16.9 Å². The van der Waals surface area contributed by atoms with Gasteiger partial charge in [-0.15, -0.1) is 0 Å². The summed E-state index contributed by atoms with van der Waals surface area (Å²) in [4.78, 5) is 25.2. The molecule has 0 bridgehead atoms. The van der Waals surface area contributed by atoms with E-state index < -0.39 is 0 Å². The van der Waals surface area contributed by atoms with E-state index in [4.69, 9.17) is 5.73 Å². The van der Waals surface area contributed by atoms with E-state index >= 15 is 0 Å². The molecular formula is C13H16N2O3. The van der Waals surface area contributed by atoms with E-state index in [2.05, 4.69) is 0 Å². The third-order valence-electron chi connectivity index (χ3n) is 3.01. The van der Waals surface area contributed by atoms with Gasteiger partial charge in [0.25, 0.3) is 0 Å². The number of imide groups is 1. The number of piperidine rings is 1. The number of nitrogens with two attached hydrogens (primary N) is 1. The van der Waals surface area contributed by atoms with Crippen LogP contribution >= 0.6 is 0 Å². The molecule has 1 aromatic carbocycles. The highest BCUT2D eigenvalue weighted by Crippen LogP contribution is 2.36. The van der Waals surface area contributed by atoms with Gasteiger partial charge in [-0.2, -0.15) is 0 Å². The van der Waals surface area contributed by atoms with Crippen molar-refractivity contribution in [1.29, 1.82) is 0 Å². The summed E-state index contributed by atoms with van der Waals surface area (Å²) >= 11 is 0. The van der Waals surface area contributed by atoms with E-state index in [0.29, 0.717) is 18.5 Å². The van der Waals surface area contributed by atoms with E-state index in [1.54, 1.807) is 0 Å². The molecule has 5 nitrogen and oxygen atoms in total. The summed E-state index contributed by atoms with van der Waals surface area (Å²) in [5.41, 5.74) is 5.99. The molecule has 0 aliphatic carbocycles. The Labute approximate surface area is 105 Å². The number of carbonyl (C=O) groups excluding carboxylic acids is 2. The number of amides is 2. The Morgan fingerprint density at radius 2 is 1.78 bits per heavy atom. The van der Waals surface area contributed by atoms with Gasteiger partial charge in [-0.25, -0.2) is 4.90 Å². The Morgan fingerprint density at radius 3 is 2.28 bits per heavy atom. The van der Waals surface area contributed by atoms with Crippen molar-refractivity contribution in [3.05, 3.63) is 18.2 Å². The number of phenolic OH excluding ortho intramolecular Hbond substituents is 1. The normalized spacial score (nSPS) is 19.1. The van der Waals surface area contributed by atoms with Crippen LogP contribution < -0.4 is 10.6 Å². The molecule has 0 saturated carbocycles. The van der Waals surface area contributed by atoms with Gasteiger partial charge in [0.1, 0.15) is 5.75 Å². The second kappa shape index (κ2) is 4.01. The number of aromatic hydroxyl groups is 1. The molecule has 1 saturated heterocycles. The summed E-state index contributed by atoms with van der Waals surface area (Å²) in [5, 5.41) is 9.28. The highest BCUT2D eigenvalue weighted by Gasteiger charge is 2.38. The second-order valence-electron chi connectivity index (χ2n) is 5.38. The summed E-state index contributed by atoms with van der Waals surface area (Å²) < 4.78 is 0. The van der Waals surface area contributed by atoms with Gasteiger partial charge in [-0.05, 0) is 17.5 Å². The van der Waals surface area contributed by atoms with E-state index in [1.165, 1.54) is 18.2 Å². The molecule has 96 valence electrons. The van der Waals surface area contributed by atoms with Crippen LogP contribution in [0.4, 0.5) is 11.4 Å². The molecule has 1 aliphatic rings. The Morgan fingerprint density at radius 1 is 1.22 bits per heavy atom. The van der Waals surface area contributed by atoms with Gasteiger partial charge in [0, 0.05) is 18.9 Å². The van der Waals surface area contributed by atoms with Crippen LogP contribution in [0.2, 0.25) is 0 Å². The maximum absolute atomic E-state index is 12.0. The molecule has 18 heavy (non-hydrogen) atoms. The summed E-state index contributed by atoms with van der Waals surface area (Å²) in [6.45, 7) is 3.78. The molecule has 5 heteroatoms. The predicted molar refractivity (Wildman–Crippen MR) is 68.0 cm³/mol. The fourth-order valence-corrected chi connectivity index (χ4v) is 2.19. The lowest BCUT2D eigenvalue weighted by atomic mass is 9.81. The molecule has 1 fully saturated rings. The van der Waals surface area contributed by atoms with Crippen molar-refractivity contribution < 1.29 is 14.7 Å². The highest BCUT2D eigenvalue weighted by atomic mass is 16.3. The lowest BCUT2D eigenvalue weighted by Crippen LogP contribution is -2.46. The minimum atomic E-state index is -0.309. The first-order valence-electron chi connectivity index (χ1n) is 5.74. The predicted octanol–water partition coefficient (Wildman–Crippen LogP) is 1.65. The third-order valence-corrected chi connectivity index (χ3v) is 3.01. The summed E-state index contributed by atoms with van der Waals surface area (Å²) in [7, 11) is 0. The molecule has 0 atom stereocenters. The van der Waals surface area contributed by atoms with Gasteiger partial charge in [0.05, 0.1) is 11.4 Å². The number of hydrogen-bond acceptors (Lipinski definition) is 4. The first-order valence-corrected chi connectivity index (χ1v) is 5.74. The number of nitrogens with zero attached hydrogens (tertiary/aromatic N) is 1. The van der Waals surface area contributed by atoms with Gasteiger partial charge in [0.2, 0.25) is 11.8 Å². The molecule has 2 rings (SSSR count). The first-order chi connectivity index (χ1) is 8.30. The van der Waals surface area contributed by atoms with Crippen molar-refractivity contribution in [1.82, 2.24) is 0 Å². The standard InChI is InChI=1S/C13H16N2O3/c1-13(2)6-11(17)15(12(18)7-13)10-4-3-8(16)5-9(10)14/h3-5,16H,6-7,14H2,1-2H3. The van der Waals surface area contributed by atoms with E-state index in [1.807, 2.05) is 13.8 Å².